The molecule has 0 fully saturated rings. The molecule has 0 bridgehead atoms. The maximum Gasteiger partial charge on any atom is 0.226 e. The van der Waals surface area contributed by atoms with Gasteiger partial charge < -0.3 is 10.1 Å². The summed E-state index contributed by atoms with van der Waals surface area (Å²) in [7, 11) is 0. The minimum absolute atomic E-state index is 0.561. The molecule has 0 aliphatic rings. The number of halogens is 1. The largest absolute Gasteiger partial charge is 0.478 e. The third-order valence-electron chi connectivity index (χ3n) is 2.71. The maximum absolute atomic E-state index is 5.78. The third-order valence-corrected chi connectivity index (χ3v) is 3.23. The SMILES string of the molecule is CCCOc1cc(C)nc(NCCCC(C)CCl)n1. The molecule has 0 saturated heterocycles. The van der Waals surface area contributed by atoms with Crippen LogP contribution in [0.15, 0.2) is 6.07 Å². The summed E-state index contributed by atoms with van der Waals surface area (Å²) in [5, 5.41) is 3.24. The topological polar surface area (TPSA) is 47.0 Å². The standard InChI is InChI=1S/C14H24ClN3O/c1-4-8-19-13-9-12(3)17-14(18-13)16-7-5-6-11(2)10-15/h9,11H,4-8,10H2,1-3H3,(H,16,17,18). The van der Waals surface area contributed by atoms with E-state index >= 15 is 0 Å². The summed E-state index contributed by atoms with van der Waals surface area (Å²) in [5.41, 5.74) is 0.915. The molecular weight excluding hydrogens is 262 g/mol. The van der Waals surface area contributed by atoms with Crippen molar-refractivity contribution in [2.75, 3.05) is 24.3 Å². The number of aryl methyl sites for hydroxylation is 1. The molecule has 1 aromatic rings. The molecule has 19 heavy (non-hydrogen) atoms. The van der Waals surface area contributed by atoms with Crippen molar-refractivity contribution in [1.82, 2.24) is 9.97 Å². The first kappa shape index (κ1) is 16.0. The van der Waals surface area contributed by atoms with Gasteiger partial charge in [-0.25, -0.2) is 4.98 Å². The Bertz CT molecular complexity index is 374. The van der Waals surface area contributed by atoms with Crippen LogP contribution in [-0.2, 0) is 0 Å². The Balaban J connectivity index is 2.42. The van der Waals surface area contributed by atoms with Gasteiger partial charge in [-0.3, -0.25) is 0 Å². The van der Waals surface area contributed by atoms with Crippen LogP contribution in [0, 0.1) is 12.8 Å². The van der Waals surface area contributed by atoms with Crippen LogP contribution in [0.25, 0.3) is 0 Å². The number of alkyl halides is 1. The first-order chi connectivity index (χ1) is 9.15. The number of aromatic nitrogens is 2. The Morgan fingerprint density at radius 1 is 1.42 bits per heavy atom. The summed E-state index contributed by atoms with van der Waals surface area (Å²) in [6, 6.07) is 1.86. The van der Waals surface area contributed by atoms with Crippen molar-refractivity contribution in [2.24, 2.45) is 5.92 Å². The Hall–Kier alpha value is -1.03. The van der Waals surface area contributed by atoms with Crippen LogP contribution >= 0.6 is 11.6 Å². The molecular formula is C14H24ClN3O. The fourth-order valence-corrected chi connectivity index (χ4v) is 1.78. The van der Waals surface area contributed by atoms with Crippen molar-refractivity contribution in [1.29, 1.82) is 0 Å². The molecule has 5 heteroatoms. The van der Waals surface area contributed by atoms with E-state index in [0.717, 1.165) is 37.4 Å². The highest BCUT2D eigenvalue weighted by Crippen LogP contribution is 2.13. The lowest BCUT2D eigenvalue weighted by Crippen LogP contribution is -2.09. The van der Waals surface area contributed by atoms with Gasteiger partial charge in [-0.05, 0) is 32.1 Å². The Morgan fingerprint density at radius 2 is 2.21 bits per heavy atom. The van der Waals surface area contributed by atoms with Gasteiger partial charge >= 0.3 is 0 Å². The fraction of sp³-hybridized carbons (Fsp3) is 0.714. The molecule has 1 unspecified atom stereocenters. The zero-order chi connectivity index (χ0) is 14.1. The molecule has 0 aromatic carbocycles. The predicted molar refractivity (Wildman–Crippen MR) is 80.2 cm³/mol. The first-order valence-electron chi connectivity index (χ1n) is 6.94. The van der Waals surface area contributed by atoms with Crippen molar-refractivity contribution in [3.8, 4) is 5.88 Å². The zero-order valence-corrected chi connectivity index (χ0v) is 12.8. The van der Waals surface area contributed by atoms with Crippen LogP contribution in [0.1, 0.15) is 38.8 Å². The van der Waals surface area contributed by atoms with Gasteiger partial charge in [-0.2, -0.15) is 4.98 Å². The minimum atomic E-state index is 0.561. The number of rotatable bonds is 9. The molecule has 1 aromatic heterocycles. The summed E-state index contributed by atoms with van der Waals surface area (Å²) >= 11 is 5.78. The van der Waals surface area contributed by atoms with Gasteiger partial charge in [0.15, 0.2) is 0 Å². The average molecular weight is 286 g/mol. The Labute approximate surface area is 120 Å². The van der Waals surface area contributed by atoms with Gasteiger partial charge in [-0.1, -0.05) is 13.8 Å². The van der Waals surface area contributed by atoms with Crippen LogP contribution in [0.4, 0.5) is 5.95 Å². The van der Waals surface area contributed by atoms with Gasteiger partial charge in [0, 0.05) is 24.2 Å². The second-order valence-electron chi connectivity index (χ2n) is 4.85. The number of hydrogen-bond acceptors (Lipinski definition) is 4. The highest BCUT2D eigenvalue weighted by molar-refractivity contribution is 6.18. The molecule has 108 valence electrons. The highest BCUT2D eigenvalue weighted by atomic mass is 35.5. The van der Waals surface area contributed by atoms with Gasteiger partial charge in [0.25, 0.3) is 0 Å². The van der Waals surface area contributed by atoms with E-state index < -0.39 is 0 Å². The normalized spacial score (nSPS) is 12.2. The second-order valence-corrected chi connectivity index (χ2v) is 5.16. The smallest absolute Gasteiger partial charge is 0.226 e. The van der Waals surface area contributed by atoms with E-state index in [2.05, 4.69) is 29.1 Å². The van der Waals surface area contributed by atoms with E-state index in [-0.39, 0.29) is 0 Å². The van der Waals surface area contributed by atoms with E-state index in [0.29, 0.717) is 24.4 Å². The van der Waals surface area contributed by atoms with Crippen LogP contribution < -0.4 is 10.1 Å². The van der Waals surface area contributed by atoms with Crippen LogP contribution in [0.3, 0.4) is 0 Å². The van der Waals surface area contributed by atoms with Crippen LogP contribution in [0.5, 0.6) is 5.88 Å². The third kappa shape index (κ3) is 6.62. The molecule has 0 aliphatic carbocycles. The van der Waals surface area contributed by atoms with E-state index in [1.807, 2.05) is 13.0 Å². The molecule has 0 amide bonds. The Kier molecular flexibility index (Phi) is 7.56. The van der Waals surface area contributed by atoms with Gasteiger partial charge in [0.1, 0.15) is 0 Å². The molecule has 1 rings (SSSR count). The molecule has 4 nitrogen and oxygen atoms in total. The monoisotopic (exact) mass is 285 g/mol. The molecule has 0 aliphatic heterocycles. The van der Waals surface area contributed by atoms with Gasteiger partial charge in [0.2, 0.25) is 11.8 Å². The van der Waals surface area contributed by atoms with Gasteiger partial charge in [0.05, 0.1) is 6.61 Å². The summed E-state index contributed by atoms with van der Waals surface area (Å²) in [6.45, 7) is 7.72. The molecule has 1 atom stereocenters. The van der Waals surface area contributed by atoms with Crippen molar-refractivity contribution in [3.63, 3.8) is 0 Å². The lowest BCUT2D eigenvalue weighted by molar-refractivity contribution is 0.305. The van der Waals surface area contributed by atoms with Crippen LogP contribution in [-0.4, -0.2) is 29.0 Å². The minimum Gasteiger partial charge on any atom is -0.478 e. The molecule has 1 heterocycles. The van der Waals surface area contributed by atoms with Crippen molar-refractivity contribution in [3.05, 3.63) is 11.8 Å². The van der Waals surface area contributed by atoms with E-state index in [9.17, 15) is 0 Å². The quantitative estimate of drug-likeness (QED) is 0.556. The van der Waals surface area contributed by atoms with E-state index in [1.165, 1.54) is 0 Å². The molecule has 1 N–H and O–H groups in total. The summed E-state index contributed by atoms with van der Waals surface area (Å²) in [4.78, 5) is 8.69. The fourth-order valence-electron chi connectivity index (χ4n) is 1.63. The highest BCUT2D eigenvalue weighted by Gasteiger charge is 2.03. The lowest BCUT2D eigenvalue weighted by Gasteiger charge is -2.10. The maximum atomic E-state index is 5.78. The Morgan fingerprint density at radius 3 is 2.89 bits per heavy atom. The van der Waals surface area contributed by atoms with Crippen molar-refractivity contribution >= 4 is 17.5 Å². The summed E-state index contributed by atoms with van der Waals surface area (Å²) < 4.78 is 5.53. The number of nitrogens with zero attached hydrogens (tertiary/aromatic N) is 2. The summed E-state index contributed by atoms with van der Waals surface area (Å²) in [5.74, 6) is 2.57. The average Bonchev–Trinajstić information content (AvgIpc) is 2.40. The zero-order valence-electron chi connectivity index (χ0n) is 12.1. The van der Waals surface area contributed by atoms with Crippen molar-refractivity contribution < 1.29 is 4.74 Å². The van der Waals surface area contributed by atoms with Crippen LogP contribution in [0.2, 0.25) is 0 Å². The molecule has 0 spiro atoms. The summed E-state index contributed by atoms with van der Waals surface area (Å²) in [6.07, 6.45) is 3.15. The number of hydrogen-bond donors (Lipinski definition) is 1. The molecule has 0 saturated carbocycles. The van der Waals surface area contributed by atoms with E-state index in [4.69, 9.17) is 16.3 Å². The second kappa shape index (κ2) is 8.97. The lowest BCUT2D eigenvalue weighted by atomic mass is 10.1. The number of ether oxygens (including phenoxy) is 1. The molecule has 0 radical (unpaired) electrons. The number of nitrogens with one attached hydrogen (secondary N) is 1. The van der Waals surface area contributed by atoms with Crippen molar-refractivity contribution in [2.45, 2.75) is 40.0 Å². The van der Waals surface area contributed by atoms with Gasteiger partial charge in [-0.15, -0.1) is 11.6 Å². The first-order valence-corrected chi connectivity index (χ1v) is 7.47. The predicted octanol–water partition coefficient (Wildman–Crippen LogP) is 3.64. The van der Waals surface area contributed by atoms with E-state index in [1.54, 1.807) is 0 Å². The number of anilines is 1.